The number of thiol groups is 1. The van der Waals surface area contributed by atoms with E-state index in [4.69, 9.17) is 21.4 Å². The lowest BCUT2D eigenvalue weighted by molar-refractivity contribution is 0.0693. The molecule has 1 aromatic rings. The molecule has 13 heavy (non-hydrogen) atoms. The van der Waals surface area contributed by atoms with Crippen LogP contribution >= 0.6 is 24.2 Å². The minimum Gasteiger partial charge on any atom is -0.496 e. The third-order valence-electron chi connectivity index (χ3n) is 1.50. The van der Waals surface area contributed by atoms with Gasteiger partial charge in [0, 0.05) is 4.90 Å². The van der Waals surface area contributed by atoms with E-state index in [1.165, 1.54) is 19.2 Å². The zero-order valence-corrected chi connectivity index (χ0v) is 8.39. The molecule has 1 aromatic carbocycles. The Morgan fingerprint density at radius 1 is 1.62 bits per heavy atom. The van der Waals surface area contributed by atoms with E-state index in [1.54, 1.807) is 0 Å². The topological polar surface area (TPSA) is 46.5 Å². The fraction of sp³-hybridized carbons (Fsp3) is 0.125. The summed E-state index contributed by atoms with van der Waals surface area (Å²) in [6.07, 6.45) is 0. The van der Waals surface area contributed by atoms with Crippen molar-refractivity contribution in [2.45, 2.75) is 4.90 Å². The predicted molar refractivity (Wildman–Crippen MR) is 52.2 cm³/mol. The molecule has 0 fully saturated rings. The van der Waals surface area contributed by atoms with Gasteiger partial charge in [-0.05, 0) is 12.1 Å². The van der Waals surface area contributed by atoms with Crippen LogP contribution in [-0.4, -0.2) is 18.2 Å². The standard InChI is InChI=1S/C8H7ClO3S/c1-12-6-3-7(13)5(9)2-4(6)8(10)11/h2-3,13H,1H3,(H,10,11). The first-order valence-electron chi connectivity index (χ1n) is 3.36. The summed E-state index contributed by atoms with van der Waals surface area (Å²) in [5, 5.41) is 9.04. The van der Waals surface area contributed by atoms with Gasteiger partial charge in [-0.3, -0.25) is 0 Å². The van der Waals surface area contributed by atoms with E-state index in [2.05, 4.69) is 12.6 Å². The molecule has 0 amide bonds. The molecule has 0 atom stereocenters. The van der Waals surface area contributed by atoms with Crippen molar-refractivity contribution in [2.24, 2.45) is 0 Å². The van der Waals surface area contributed by atoms with Crippen molar-refractivity contribution >= 4 is 30.2 Å². The van der Waals surface area contributed by atoms with Gasteiger partial charge >= 0.3 is 5.97 Å². The van der Waals surface area contributed by atoms with Gasteiger partial charge in [0.1, 0.15) is 11.3 Å². The van der Waals surface area contributed by atoms with E-state index < -0.39 is 5.97 Å². The summed E-state index contributed by atoms with van der Waals surface area (Å²) in [6, 6.07) is 2.78. The monoisotopic (exact) mass is 218 g/mol. The van der Waals surface area contributed by atoms with Crippen LogP contribution in [0, 0.1) is 0 Å². The molecule has 1 N–H and O–H groups in total. The largest absolute Gasteiger partial charge is 0.496 e. The summed E-state index contributed by atoms with van der Waals surface area (Å²) in [7, 11) is 1.39. The van der Waals surface area contributed by atoms with E-state index in [0.717, 1.165) is 0 Å². The van der Waals surface area contributed by atoms with Crippen LogP contribution in [0.4, 0.5) is 0 Å². The number of halogens is 1. The van der Waals surface area contributed by atoms with E-state index in [-0.39, 0.29) is 11.3 Å². The molecule has 70 valence electrons. The number of carbonyl (C=O) groups is 1. The highest BCUT2D eigenvalue weighted by Crippen LogP contribution is 2.29. The van der Waals surface area contributed by atoms with Gasteiger partial charge in [-0.25, -0.2) is 4.79 Å². The number of carboxylic acid groups (broad SMARTS) is 1. The molecule has 0 aliphatic carbocycles. The minimum absolute atomic E-state index is 0.0327. The molecule has 0 aromatic heterocycles. The van der Waals surface area contributed by atoms with Crippen LogP contribution in [0.2, 0.25) is 5.02 Å². The summed E-state index contributed by atoms with van der Waals surface area (Å²) in [5.74, 6) is -0.825. The van der Waals surface area contributed by atoms with Gasteiger partial charge in [0.25, 0.3) is 0 Å². The highest BCUT2D eigenvalue weighted by atomic mass is 35.5. The zero-order chi connectivity index (χ0) is 10.0. The highest BCUT2D eigenvalue weighted by Gasteiger charge is 2.13. The number of methoxy groups -OCH3 is 1. The molecule has 0 spiro atoms. The Bertz CT molecular complexity index is 351. The molecule has 5 heteroatoms. The van der Waals surface area contributed by atoms with Gasteiger partial charge in [-0.2, -0.15) is 0 Å². The van der Waals surface area contributed by atoms with Gasteiger partial charge in [-0.1, -0.05) is 11.6 Å². The first-order chi connectivity index (χ1) is 6.06. The molecule has 0 heterocycles. The van der Waals surface area contributed by atoms with Crippen LogP contribution in [0.25, 0.3) is 0 Å². The van der Waals surface area contributed by atoms with Crippen molar-refractivity contribution in [1.82, 2.24) is 0 Å². The molecule has 1 rings (SSSR count). The number of hydrogen-bond acceptors (Lipinski definition) is 3. The second-order valence-corrected chi connectivity index (χ2v) is 3.20. The number of carboxylic acids is 1. The van der Waals surface area contributed by atoms with Crippen LogP contribution in [0.15, 0.2) is 17.0 Å². The van der Waals surface area contributed by atoms with Gasteiger partial charge in [0.05, 0.1) is 12.1 Å². The molecule has 0 bridgehead atoms. The SMILES string of the molecule is COc1cc(S)c(Cl)cc1C(=O)O. The van der Waals surface area contributed by atoms with Crippen molar-refractivity contribution in [2.75, 3.05) is 7.11 Å². The minimum atomic E-state index is -1.08. The third kappa shape index (κ3) is 2.08. The molecular formula is C8H7ClO3S. The summed E-state index contributed by atoms with van der Waals surface area (Å²) in [6.45, 7) is 0. The second kappa shape index (κ2) is 3.89. The maximum atomic E-state index is 10.7. The number of rotatable bonds is 2. The van der Waals surface area contributed by atoms with Crippen LogP contribution in [0.1, 0.15) is 10.4 Å². The molecule has 0 saturated carbocycles. The van der Waals surface area contributed by atoms with Crippen LogP contribution in [0.3, 0.4) is 0 Å². The molecule has 0 saturated heterocycles. The predicted octanol–water partition coefficient (Wildman–Crippen LogP) is 2.34. The van der Waals surface area contributed by atoms with Gasteiger partial charge in [-0.15, -0.1) is 12.6 Å². The van der Waals surface area contributed by atoms with Crippen LogP contribution in [-0.2, 0) is 0 Å². The average Bonchev–Trinajstić information content (AvgIpc) is 2.08. The average molecular weight is 219 g/mol. The van der Waals surface area contributed by atoms with Crippen LogP contribution < -0.4 is 4.74 Å². The molecule has 0 aliphatic rings. The summed E-state index contributed by atoms with van der Waals surface area (Å²) in [5.41, 5.74) is 0.0327. The molecule has 0 unspecified atom stereocenters. The summed E-state index contributed by atoms with van der Waals surface area (Å²) in [4.78, 5) is 11.2. The smallest absolute Gasteiger partial charge is 0.339 e. The maximum Gasteiger partial charge on any atom is 0.339 e. The van der Waals surface area contributed by atoms with Gasteiger partial charge < -0.3 is 9.84 Å². The van der Waals surface area contributed by atoms with Crippen molar-refractivity contribution in [3.8, 4) is 5.75 Å². The lowest BCUT2D eigenvalue weighted by Gasteiger charge is -2.06. The zero-order valence-electron chi connectivity index (χ0n) is 6.74. The van der Waals surface area contributed by atoms with Crippen molar-refractivity contribution < 1.29 is 14.6 Å². The Morgan fingerprint density at radius 3 is 2.69 bits per heavy atom. The molecular weight excluding hydrogens is 212 g/mol. The Labute approximate surface area is 85.7 Å². The molecule has 0 aliphatic heterocycles. The Balaban J connectivity index is 3.33. The lowest BCUT2D eigenvalue weighted by atomic mass is 10.2. The fourth-order valence-corrected chi connectivity index (χ4v) is 1.22. The first kappa shape index (κ1) is 10.2. The quantitative estimate of drug-likeness (QED) is 0.749. The lowest BCUT2D eigenvalue weighted by Crippen LogP contribution is -2.00. The number of benzene rings is 1. The maximum absolute atomic E-state index is 10.7. The van der Waals surface area contributed by atoms with E-state index in [9.17, 15) is 4.79 Å². The molecule has 0 radical (unpaired) electrons. The van der Waals surface area contributed by atoms with E-state index >= 15 is 0 Å². The fourth-order valence-electron chi connectivity index (χ4n) is 0.879. The first-order valence-corrected chi connectivity index (χ1v) is 4.18. The number of ether oxygens (including phenoxy) is 1. The third-order valence-corrected chi connectivity index (χ3v) is 2.31. The normalized spacial score (nSPS) is 9.77. The van der Waals surface area contributed by atoms with Gasteiger partial charge in [0.15, 0.2) is 0 Å². The molecule has 3 nitrogen and oxygen atoms in total. The number of aromatic carboxylic acids is 1. The van der Waals surface area contributed by atoms with E-state index in [0.29, 0.717) is 9.92 Å². The Hall–Kier alpha value is -0.870. The summed E-state index contributed by atoms with van der Waals surface area (Å²) >= 11 is 9.72. The van der Waals surface area contributed by atoms with Gasteiger partial charge in [0.2, 0.25) is 0 Å². The highest BCUT2D eigenvalue weighted by molar-refractivity contribution is 7.80. The van der Waals surface area contributed by atoms with Crippen molar-refractivity contribution in [3.63, 3.8) is 0 Å². The van der Waals surface area contributed by atoms with E-state index in [1.807, 2.05) is 0 Å². The van der Waals surface area contributed by atoms with Crippen molar-refractivity contribution in [3.05, 3.63) is 22.7 Å². The Kier molecular flexibility index (Phi) is 3.06. The second-order valence-electron chi connectivity index (χ2n) is 2.31. The number of hydrogen-bond donors (Lipinski definition) is 2. The summed E-state index contributed by atoms with van der Waals surface area (Å²) < 4.78 is 4.85. The van der Waals surface area contributed by atoms with Crippen LogP contribution in [0.5, 0.6) is 5.75 Å². The van der Waals surface area contributed by atoms with Crippen molar-refractivity contribution in [1.29, 1.82) is 0 Å². The Morgan fingerprint density at radius 2 is 2.23 bits per heavy atom.